The normalized spacial score (nSPS) is 26.1. The summed E-state index contributed by atoms with van der Waals surface area (Å²) in [6.45, 7) is 4.15. The van der Waals surface area contributed by atoms with E-state index in [4.69, 9.17) is 9.47 Å². The first-order chi connectivity index (χ1) is 34.7. The van der Waals surface area contributed by atoms with E-state index in [9.17, 15) is 0 Å². The first-order valence-electron chi connectivity index (χ1n) is 26.6. The maximum atomic E-state index is 6.41. The van der Waals surface area contributed by atoms with Crippen LogP contribution in [0.4, 0.5) is 17.1 Å². The molecule has 4 heteroatoms. The maximum Gasteiger partial charge on any atom is 0.0700 e. The highest BCUT2D eigenvalue weighted by molar-refractivity contribution is 6.57. The lowest BCUT2D eigenvalue weighted by atomic mass is 9.58. The summed E-state index contributed by atoms with van der Waals surface area (Å²) in [5.41, 5.74) is 15.8. The van der Waals surface area contributed by atoms with Crippen molar-refractivity contribution in [2.24, 2.45) is 23.2 Å². The predicted octanol–water partition coefficient (Wildman–Crippen LogP) is 12.1. The van der Waals surface area contributed by atoms with Gasteiger partial charge in [0.25, 0.3) is 0 Å². The Labute approximate surface area is 403 Å². The lowest BCUT2D eigenvalue weighted by Crippen LogP contribution is -2.51. The fraction of sp³-hybridized carbons (Fsp3) is 0.273. The number of aryl methyl sites for hydroxylation is 1. The summed E-state index contributed by atoms with van der Waals surface area (Å²) in [7, 11) is 1.79. The molecule has 2 fully saturated rings. The van der Waals surface area contributed by atoms with Crippen molar-refractivity contribution in [3.05, 3.63) is 153 Å². The zero-order valence-corrected chi connectivity index (χ0v) is 39.2. The lowest BCUT2D eigenvalue weighted by molar-refractivity contribution is 0.0506. The van der Waals surface area contributed by atoms with Crippen molar-refractivity contribution >= 4 is 120 Å². The Morgan fingerprint density at radius 3 is 2.07 bits per heavy atom. The number of hydrogen-bond acceptors (Lipinski definition) is 4. The van der Waals surface area contributed by atoms with Crippen molar-refractivity contribution in [2.75, 3.05) is 44.9 Å². The van der Waals surface area contributed by atoms with Crippen LogP contribution in [0.3, 0.4) is 0 Å². The van der Waals surface area contributed by atoms with E-state index in [1.54, 1.807) is 110 Å². The second-order valence-corrected chi connectivity index (χ2v) is 23.3. The predicted molar refractivity (Wildman–Crippen MR) is 286 cm³/mol. The minimum atomic E-state index is 0.0722. The molecule has 0 bridgehead atoms. The molecule has 1 heterocycles. The molecular weight excluding hydrogens is 853 g/mol. The molecule has 7 unspecified atom stereocenters. The summed E-state index contributed by atoms with van der Waals surface area (Å²) in [5.74, 6) is 2.65. The molecule has 0 radical (unpaired) electrons. The van der Waals surface area contributed by atoms with Crippen LogP contribution >= 0.6 is 0 Å². The van der Waals surface area contributed by atoms with Gasteiger partial charge in [0.15, 0.2) is 0 Å². The van der Waals surface area contributed by atoms with Crippen molar-refractivity contribution in [2.45, 2.75) is 50.0 Å². The zero-order valence-electron chi connectivity index (χ0n) is 39.2. The fourth-order valence-electron chi connectivity index (χ4n) is 19.2. The van der Waals surface area contributed by atoms with Gasteiger partial charge in [0.1, 0.15) is 0 Å². The number of fused-ring (bicyclic) bond motifs is 1. The van der Waals surface area contributed by atoms with Crippen LogP contribution in [-0.2, 0) is 22.3 Å². The van der Waals surface area contributed by atoms with Gasteiger partial charge in [-0.3, -0.25) is 4.90 Å². The molecule has 8 aliphatic rings. The van der Waals surface area contributed by atoms with Crippen LogP contribution < -0.4 is 20.6 Å². The van der Waals surface area contributed by atoms with Gasteiger partial charge in [0.2, 0.25) is 0 Å². The van der Waals surface area contributed by atoms with Crippen molar-refractivity contribution in [3.63, 3.8) is 0 Å². The van der Waals surface area contributed by atoms with Crippen LogP contribution in [0, 0.1) is 23.2 Å². The van der Waals surface area contributed by atoms with Gasteiger partial charge in [0, 0.05) is 66.5 Å². The lowest BCUT2D eigenvalue weighted by Gasteiger charge is -2.45. The molecule has 1 saturated heterocycles. The largest absolute Gasteiger partial charge is 0.382 e. The van der Waals surface area contributed by atoms with Gasteiger partial charge >= 0.3 is 0 Å². The van der Waals surface area contributed by atoms with E-state index in [2.05, 4.69) is 125 Å². The van der Waals surface area contributed by atoms with E-state index < -0.39 is 0 Å². The average molecular weight is 901 g/mol. The fourth-order valence-corrected chi connectivity index (χ4v) is 19.2. The molecular formula is C66H48N2O2. The number of ether oxygens (including phenoxy) is 2. The highest BCUT2D eigenvalue weighted by Gasteiger charge is 2.67. The van der Waals surface area contributed by atoms with Crippen molar-refractivity contribution < 1.29 is 9.47 Å². The highest BCUT2D eigenvalue weighted by atomic mass is 16.5. The third kappa shape index (κ3) is 3.70. The van der Waals surface area contributed by atoms with Gasteiger partial charge in [-0.1, -0.05) is 66.2 Å². The summed E-state index contributed by atoms with van der Waals surface area (Å²) in [6, 6.07) is 42.3. The Morgan fingerprint density at radius 1 is 0.600 bits per heavy atom. The topological polar surface area (TPSA) is 24.9 Å². The molecule has 1 spiro atoms. The van der Waals surface area contributed by atoms with Crippen LogP contribution in [0.15, 0.2) is 109 Å². The Morgan fingerprint density at radius 2 is 1.27 bits per heavy atom. The molecule has 7 atom stereocenters. The first-order valence-corrected chi connectivity index (χ1v) is 26.6. The minimum Gasteiger partial charge on any atom is -0.382 e. The summed E-state index contributed by atoms with van der Waals surface area (Å²) >= 11 is 0. The zero-order chi connectivity index (χ0) is 44.8. The molecule has 1 saturated carbocycles. The van der Waals surface area contributed by atoms with Crippen LogP contribution in [0.1, 0.15) is 58.9 Å². The van der Waals surface area contributed by atoms with Crippen molar-refractivity contribution in [1.82, 2.24) is 4.90 Å². The number of nitrogens with zero attached hydrogens (tertiary/aromatic N) is 2. The summed E-state index contributed by atoms with van der Waals surface area (Å²) in [5, 5.41) is 30.9. The number of para-hydroxylation sites is 2. The number of methoxy groups -OCH3 is 1. The molecule has 20 rings (SSSR count). The Hall–Kier alpha value is -6.56. The summed E-state index contributed by atoms with van der Waals surface area (Å²) in [6.07, 6.45) is 8.78. The molecule has 4 nitrogen and oxygen atoms in total. The van der Waals surface area contributed by atoms with E-state index in [1.165, 1.54) is 63.3 Å². The van der Waals surface area contributed by atoms with Crippen molar-refractivity contribution in [1.29, 1.82) is 0 Å². The van der Waals surface area contributed by atoms with E-state index in [0.717, 1.165) is 32.5 Å². The van der Waals surface area contributed by atoms with E-state index >= 15 is 0 Å². The third-order valence-corrected chi connectivity index (χ3v) is 20.9. The number of rotatable bonds is 12. The van der Waals surface area contributed by atoms with Crippen molar-refractivity contribution in [3.8, 4) is 0 Å². The summed E-state index contributed by atoms with van der Waals surface area (Å²) < 4.78 is 11.9. The number of benzene rings is 8. The first kappa shape index (κ1) is 36.4. The van der Waals surface area contributed by atoms with Gasteiger partial charge in [-0.2, -0.15) is 0 Å². The van der Waals surface area contributed by atoms with Gasteiger partial charge in [-0.05, 0) is 234 Å². The minimum absolute atomic E-state index is 0.0722. The quantitative estimate of drug-likeness (QED) is 0.0901. The van der Waals surface area contributed by atoms with Gasteiger partial charge in [0.05, 0.1) is 19.8 Å². The molecule has 12 aromatic rings. The van der Waals surface area contributed by atoms with Gasteiger partial charge in [-0.25, -0.2) is 0 Å². The summed E-state index contributed by atoms with van der Waals surface area (Å²) in [4.78, 5) is 5.37. The molecule has 0 N–H and O–H groups in total. The van der Waals surface area contributed by atoms with Crippen LogP contribution in [0.25, 0.3) is 103 Å². The smallest absolute Gasteiger partial charge is 0.0700 e. The average Bonchev–Trinajstić information content (AvgIpc) is 4.35. The Bertz CT molecular complexity index is 4500. The number of hydrogen-bond donors (Lipinski definition) is 0. The highest BCUT2D eigenvalue weighted by Crippen LogP contribution is 2.74. The van der Waals surface area contributed by atoms with Crippen LogP contribution in [0.5, 0.6) is 0 Å². The second-order valence-electron chi connectivity index (χ2n) is 23.3. The molecule has 334 valence electrons. The Kier molecular flexibility index (Phi) is 6.13. The molecule has 7 aliphatic carbocycles. The van der Waals surface area contributed by atoms with Crippen LogP contribution in [0.2, 0.25) is 0 Å². The molecule has 0 aromatic heterocycles. The monoisotopic (exact) mass is 900 g/mol. The molecule has 1 aliphatic heterocycles. The Balaban J connectivity index is 0.831. The third-order valence-electron chi connectivity index (χ3n) is 20.9. The number of anilines is 3. The van der Waals surface area contributed by atoms with E-state index in [0.29, 0.717) is 48.8 Å². The van der Waals surface area contributed by atoms with Gasteiger partial charge in [-0.15, -0.1) is 0 Å². The van der Waals surface area contributed by atoms with Gasteiger partial charge < -0.3 is 14.4 Å². The van der Waals surface area contributed by atoms with Crippen LogP contribution in [-0.4, -0.2) is 51.0 Å². The second kappa shape index (κ2) is 11.8. The van der Waals surface area contributed by atoms with E-state index in [1.807, 2.05) is 11.1 Å². The molecule has 12 aromatic carbocycles. The maximum absolute atomic E-state index is 6.41. The van der Waals surface area contributed by atoms with E-state index in [-0.39, 0.29) is 5.41 Å². The SMILES string of the molecule is COCCOCCN1CC2C3=c4c5c6c7c4=C4C8c9c%10c(cc%11cc%12cc%13cc%14c(c%15c%13c%13c%12c%11c%10c(c97)c%13c6%15)C5C(C3)C%14)=CC8CC42C1CCc1ccc(N(c2ccccc2)c2ccccc2)cc1. The standard InChI is InChI=1S/C66H48N2O2/c1-69-20-21-70-19-18-67-30-43-42-28-37-26-34-24-35-23-32-22-33-25-36-27-38-29-66(43,44(67)17-14-31-12-15-41(16-13-31)68(39-8-4-2-5-9-39)40-10-6-3-7-11-40)65-51(38)56-50(36)55-46(33)45(32)53-49(35)54-47(34)48(37)57-52(42)64(65)63-61(56)59(55)58(53)60(54)62(57)63/h2-13,15-16,22-25,27,37-38,43-44,48,51H,14,17-21,26,28-30H2,1H3. The number of likely N-dealkylation sites (tertiary alicyclic amines) is 1. The molecule has 70 heavy (non-hydrogen) atoms. The molecule has 0 amide bonds.